The van der Waals surface area contributed by atoms with Crippen LogP contribution in [0.15, 0.2) is 27.1 Å². The maximum atomic E-state index is 9.89. The Hall–Kier alpha value is -0.0600. The lowest BCUT2D eigenvalue weighted by atomic mass is 9.92. The number of aliphatic hydroxyl groups excluding tert-OH is 1. The zero-order valence-electron chi connectivity index (χ0n) is 8.92. The van der Waals surface area contributed by atoms with E-state index in [0.717, 1.165) is 33.9 Å². The Bertz CT molecular complexity index is 370. The Kier molecular flexibility index (Phi) is 4.27. The Balaban J connectivity index is 2.07. The van der Waals surface area contributed by atoms with E-state index in [9.17, 15) is 5.11 Å². The first-order valence-electron chi connectivity index (χ1n) is 5.56. The van der Waals surface area contributed by atoms with Crippen LogP contribution in [0.3, 0.4) is 0 Å². The van der Waals surface area contributed by atoms with Crippen molar-refractivity contribution in [3.8, 4) is 0 Å². The van der Waals surface area contributed by atoms with E-state index in [4.69, 9.17) is 0 Å². The predicted molar refractivity (Wildman–Crippen MR) is 73.7 cm³/mol. The Labute approximate surface area is 113 Å². The van der Waals surface area contributed by atoms with E-state index in [2.05, 4.69) is 37.2 Å². The third-order valence-electron chi connectivity index (χ3n) is 3.00. The van der Waals surface area contributed by atoms with Gasteiger partial charge in [-0.3, -0.25) is 0 Å². The van der Waals surface area contributed by atoms with Crippen LogP contribution in [0.1, 0.15) is 25.7 Å². The van der Waals surface area contributed by atoms with Crippen molar-refractivity contribution in [2.24, 2.45) is 0 Å². The van der Waals surface area contributed by atoms with Gasteiger partial charge in [-0.1, -0.05) is 28.8 Å². The Morgan fingerprint density at radius 1 is 1.19 bits per heavy atom. The Morgan fingerprint density at radius 3 is 2.62 bits per heavy atom. The van der Waals surface area contributed by atoms with Gasteiger partial charge in [0, 0.05) is 14.6 Å². The molecule has 1 aliphatic rings. The van der Waals surface area contributed by atoms with E-state index in [1.54, 1.807) is 0 Å². The topological polar surface area (TPSA) is 32.3 Å². The van der Waals surface area contributed by atoms with Crippen molar-refractivity contribution in [2.75, 3.05) is 5.32 Å². The molecule has 1 aliphatic carbocycles. The third kappa shape index (κ3) is 2.99. The highest BCUT2D eigenvalue weighted by Crippen LogP contribution is 2.29. The number of aliphatic hydroxyl groups is 1. The molecule has 1 aromatic rings. The summed E-state index contributed by atoms with van der Waals surface area (Å²) >= 11 is 6.95. The molecule has 2 nitrogen and oxygen atoms in total. The molecule has 0 bridgehead atoms. The number of hydrogen-bond acceptors (Lipinski definition) is 2. The predicted octanol–water partition coefficient (Wildman–Crippen LogP) is 3.93. The molecule has 0 heterocycles. The van der Waals surface area contributed by atoms with Crippen LogP contribution < -0.4 is 5.32 Å². The number of nitrogens with one attached hydrogen (secondary N) is 1. The lowest BCUT2D eigenvalue weighted by molar-refractivity contribution is 0.116. The molecule has 88 valence electrons. The molecule has 16 heavy (non-hydrogen) atoms. The van der Waals surface area contributed by atoms with Gasteiger partial charge in [-0.05, 0) is 47.0 Å². The largest absolute Gasteiger partial charge is 0.391 e. The van der Waals surface area contributed by atoms with Crippen LogP contribution in [0.25, 0.3) is 0 Å². The van der Waals surface area contributed by atoms with Gasteiger partial charge in [-0.25, -0.2) is 0 Å². The minimum Gasteiger partial charge on any atom is -0.391 e. The summed E-state index contributed by atoms with van der Waals surface area (Å²) in [4.78, 5) is 0. The highest BCUT2D eigenvalue weighted by atomic mass is 79.9. The molecule has 2 unspecified atom stereocenters. The molecule has 1 saturated carbocycles. The summed E-state index contributed by atoms with van der Waals surface area (Å²) in [5.41, 5.74) is 1.05. The standard InChI is InChI=1S/C12H15Br2NO/c13-8-5-6-10(9(14)7-8)15-11-3-1-2-4-12(11)16/h5-7,11-12,15-16H,1-4H2. The molecule has 2 N–H and O–H groups in total. The van der Waals surface area contributed by atoms with Gasteiger partial charge in [0.1, 0.15) is 0 Å². The Morgan fingerprint density at radius 2 is 1.94 bits per heavy atom. The van der Waals surface area contributed by atoms with Gasteiger partial charge in [0.15, 0.2) is 0 Å². The zero-order valence-corrected chi connectivity index (χ0v) is 12.1. The summed E-state index contributed by atoms with van der Waals surface area (Å²) in [7, 11) is 0. The van der Waals surface area contributed by atoms with Crippen molar-refractivity contribution in [1.82, 2.24) is 0 Å². The number of anilines is 1. The van der Waals surface area contributed by atoms with Gasteiger partial charge in [-0.15, -0.1) is 0 Å². The van der Waals surface area contributed by atoms with Crippen molar-refractivity contribution in [1.29, 1.82) is 0 Å². The van der Waals surface area contributed by atoms with E-state index >= 15 is 0 Å². The molecule has 2 atom stereocenters. The molecule has 0 spiro atoms. The molecule has 1 fully saturated rings. The smallest absolute Gasteiger partial charge is 0.0741 e. The van der Waals surface area contributed by atoms with Crippen LogP contribution in [0, 0.1) is 0 Å². The molecule has 0 saturated heterocycles. The van der Waals surface area contributed by atoms with Crippen LogP contribution in [0.2, 0.25) is 0 Å². The van der Waals surface area contributed by atoms with Crippen molar-refractivity contribution in [3.63, 3.8) is 0 Å². The molecule has 1 aromatic carbocycles. The van der Waals surface area contributed by atoms with Gasteiger partial charge in [0.2, 0.25) is 0 Å². The van der Waals surface area contributed by atoms with Crippen molar-refractivity contribution >= 4 is 37.5 Å². The molecule has 0 radical (unpaired) electrons. The minimum absolute atomic E-state index is 0.186. The van der Waals surface area contributed by atoms with E-state index in [1.165, 1.54) is 6.42 Å². The average molecular weight is 349 g/mol. The highest BCUT2D eigenvalue weighted by molar-refractivity contribution is 9.11. The van der Waals surface area contributed by atoms with Gasteiger partial charge in [0.25, 0.3) is 0 Å². The molecular formula is C12H15Br2NO. The summed E-state index contributed by atoms with van der Waals surface area (Å²) in [6.45, 7) is 0. The average Bonchev–Trinajstić information content (AvgIpc) is 2.25. The molecule has 0 aromatic heterocycles. The fraction of sp³-hybridized carbons (Fsp3) is 0.500. The van der Waals surface area contributed by atoms with Gasteiger partial charge < -0.3 is 10.4 Å². The normalized spacial score (nSPS) is 25.4. The van der Waals surface area contributed by atoms with Crippen LogP contribution in [-0.4, -0.2) is 17.3 Å². The quantitative estimate of drug-likeness (QED) is 0.848. The first-order valence-corrected chi connectivity index (χ1v) is 7.15. The first kappa shape index (κ1) is 12.4. The first-order chi connectivity index (χ1) is 7.66. The van der Waals surface area contributed by atoms with E-state index in [0.29, 0.717) is 0 Å². The summed E-state index contributed by atoms with van der Waals surface area (Å²) in [6.07, 6.45) is 4.07. The number of halogens is 2. The maximum Gasteiger partial charge on any atom is 0.0741 e. The maximum absolute atomic E-state index is 9.89. The molecule has 4 heteroatoms. The molecular weight excluding hydrogens is 334 g/mol. The van der Waals surface area contributed by atoms with Gasteiger partial charge >= 0.3 is 0 Å². The summed E-state index contributed by atoms with van der Waals surface area (Å²) in [5, 5.41) is 13.3. The summed E-state index contributed by atoms with van der Waals surface area (Å²) < 4.78 is 2.08. The number of hydrogen-bond donors (Lipinski definition) is 2. The van der Waals surface area contributed by atoms with Gasteiger partial charge in [-0.2, -0.15) is 0 Å². The monoisotopic (exact) mass is 347 g/mol. The molecule has 2 rings (SSSR count). The lowest BCUT2D eigenvalue weighted by Crippen LogP contribution is -2.36. The zero-order chi connectivity index (χ0) is 11.5. The second-order valence-corrected chi connectivity index (χ2v) is 6.00. The SMILES string of the molecule is OC1CCCCC1Nc1ccc(Br)cc1Br. The molecule has 0 aliphatic heterocycles. The lowest BCUT2D eigenvalue weighted by Gasteiger charge is -2.29. The van der Waals surface area contributed by atoms with Crippen molar-refractivity contribution in [3.05, 3.63) is 27.1 Å². The molecule has 0 amide bonds. The van der Waals surface area contributed by atoms with Crippen LogP contribution in [0.5, 0.6) is 0 Å². The number of benzene rings is 1. The highest BCUT2D eigenvalue weighted by Gasteiger charge is 2.23. The second-order valence-electron chi connectivity index (χ2n) is 4.23. The fourth-order valence-electron chi connectivity index (χ4n) is 2.09. The van der Waals surface area contributed by atoms with Crippen LogP contribution in [-0.2, 0) is 0 Å². The van der Waals surface area contributed by atoms with Crippen molar-refractivity contribution < 1.29 is 5.11 Å². The second kappa shape index (κ2) is 5.52. The third-order valence-corrected chi connectivity index (χ3v) is 4.15. The van der Waals surface area contributed by atoms with Crippen molar-refractivity contribution in [2.45, 2.75) is 37.8 Å². The van der Waals surface area contributed by atoms with Gasteiger partial charge in [0.05, 0.1) is 12.1 Å². The summed E-state index contributed by atoms with van der Waals surface area (Å²) in [5.74, 6) is 0. The van der Waals surface area contributed by atoms with E-state index in [-0.39, 0.29) is 12.1 Å². The van der Waals surface area contributed by atoms with E-state index < -0.39 is 0 Å². The van der Waals surface area contributed by atoms with Crippen LogP contribution >= 0.6 is 31.9 Å². The number of rotatable bonds is 2. The van der Waals surface area contributed by atoms with Crippen LogP contribution in [0.4, 0.5) is 5.69 Å². The van der Waals surface area contributed by atoms with E-state index in [1.807, 2.05) is 18.2 Å². The fourth-order valence-corrected chi connectivity index (χ4v) is 3.25. The summed E-state index contributed by atoms with van der Waals surface area (Å²) in [6, 6.07) is 6.22. The minimum atomic E-state index is -0.218.